The lowest BCUT2D eigenvalue weighted by Gasteiger charge is -2.09. The van der Waals surface area contributed by atoms with E-state index in [2.05, 4.69) is 4.98 Å². The van der Waals surface area contributed by atoms with Crippen LogP contribution in [-0.2, 0) is 0 Å². The maximum Gasteiger partial charge on any atom is 0.219 e. The number of benzene rings is 1. The summed E-state index contributed by atoms with van der Waals surface area (Å²) in [6.07, 6.45) is 1.67. The second kappa shape index (κ2) is 5.17. The molecular formula is C13H13ClN2O. The van der Waals surface area contributed by atoms with Crippen molar-refractivity contribution in [1.82, 2.24) is 4.98 Å². The Kier molecular flexibility index (Phi) is 3.61. The van der Waals surface area contributed by atoms with E-state index in [1.54, 1.807) is 18.3 Å². The number of nitrogens with zero attached hydrogens (tertiary/aromatic N) is 1. The van der Waals surface area contributed by atoms with Crippen molar-refractivity contribution in [3.05, 3.63) is 53.2 Å². The van der Waals surface area contributed by atoms with Crippen LogP contribution in [0.5, 0.6) is 11.6 Å². The quantitative estimate of drug-likeness (QED) is 0.904. The molecule has 1 heterocycles. The van der Waals surface area contributed by atoms with E-state index < -0.39 is 0 Å². The van der Waals surface area contributed by atoms with Crippen molar-refractivity contribution in [2.75, 3.05) is 0 Å². The fourth-order valence-corrected chi connectivity index (χ4v) is 1.58. The van der Waals surface area contributed by atoms with Gasteiger partial charge in [0, 0.05) is 18.3 Å². The molecule has 0 radical (unpaired) electrons. The number of hydrogen-bond donors (Lipinski definition) is 1. The molecule has 2 aromatic rings. The summed E-state index contributed by atoms with van der Waals surface area (Å²) in [6.45, 7) is 1.91. The fourth-order valence-electron chi connectivity index (χ4n) is 1.40. The summed E-state index contributed by atoms with van der Waals surface area (Å²) < 4.78 is 5.60. The summed E-state index contributed by atoms with van der Waals surface area (Å²) in [6, 6.07) is 10.9. The Bertz CT molecular complexity index is 514. The summed E-state index contributed by atoms with van der Waals surface area (Å²) in [5.41, 5.74) is 6.77. The van der Waals surface area contributed by atoms with Gasteiger partial charge in [-0.15, -0.1) is 0 Å². The van der Waals surface area contributed by atoms with Gasteiger partial charge in [0.15, 0.2) is 0 Å². The molecule has 0 aliphatic carbocycles. The van der Waals surface area contributed by atoms with Crippen molar-refractivity contribution >= 4 is 11.6 Å². The van der Waals surface area contributed by atoms with Gasteiger partial charge in [-0.05, 0) is 30.7 Å². The first-order valence-corrected chi connectivity index (χ1v) is 5.68. The topological polar surface area (TPSA) is 48.1 Å². The highest BCUT2D eigenvalue weighted by molar-refractivity contribution is 6.32. The van der Waals surface area contributed by atoms with Crippen LogP contribution >= 0.6 is 11.6 Å². The molecule has 0 fully saturated rings. The van der Waals surface area contributed by atoms with Crippen molar-refractivity contribution in [3.63, 3.8) is 0 Å². The van der Waals surface area contributed by atoms with Crippen LogP contribution < -0.4 is 10.5 Å². The molecule has 4 heteroatoms. The summed E-state index contributed by atoms with van der Waals surface area (Å²) in [5, 5.41) is 0.556. The molecule has 0 amide bonds. The van der Waals surface area contributed by atoms with Crippen molar-refractivity contribution in [3.8, 4) is 11.6 Å². The van der Waals surface area contributed by atoms with Gasteiger partial charge in [0.05, 0.1) is 5.02 Å². The molecule has 1 aromatic heterocycles. The normalized spacial score (nSPS) is 12.2. The molecule has 1 atom stereocenters. The maximum absolute atomic E-state index is 6.00. The molecule has 1 unspecified atom stereocenters. The Morgan fingerprint density at radius 3 is 2.76 bits per heavy atom. The smallest absolute Gasteiger partial charge is 0.219 e. The predicted molar refractivity (Wildman–Crippen MR) is 68.4 cm³/mol. The molecule has 0 aliphatic heterocycles. The minimum Gasteiger partial charge on any atom is -0.437 e. The minimum atomic E-state index is -0.0494. The second-order valence-electron chi connectivity index (χ2n) is 3.75. The Morgan fingerprint density at radius 1 is 1.29 bits per heavy atom. The fraction of sp³-hybridized carbons (Fsp3) is 0.154. The third-order valence-corrected chi connectivity index (χ3v) is 2.65. The van der Waals surface area contributed by atoms with E-state index in [0.29, 0.717) is 16.7 Å². The van der Waals surface area contributed by atoms with Gasteiger partial charge in [0.2, 0.25) is 5.88 Å². The first-order chi connectivity index (χ1) is 8.16. The summed E-state index contributed by atoms with van der Waals surface area (Å²) >= 11 is 6.00. The van der Waals surface area contributed by atoms with E-state index in [9.17, 15) is 0 Å². The lowest BCUT2D eigenvalue weighted by atomic mass is 10.1. The van der Waals surface area contributed by atoms with E-state index in [4.69, 9.17) is 22.1 Å². The summed E-state index contributed by atoms with van der Waals surface area (Å²) in [5.74, 6) is 1.08. The first-order valence-electron chi connectivity index (χ1n) is 5.31. The Balaban J connectivity index is 2.25. The third-order valence-electron chi connectivity index (χ3n) is 2.34. The van der Waals surface area contributed by atoms with Crippen LogP contribution in [-0.4, -0.2) is 4.98 Å². The van der Waals surface area contributed by atoms with Gasteiger partial charge >= 0.3 is 0 Å². The van der Waals surface area contributed by atoms with E-state index in [1.165, 1.54) is 0 Å². The van der Waals surface area contributed by atoms with E-state index >= 15 is 0 Å². The standard InChI is InChI=1S/C13H13ClN2O/c1-9(15)10-6-7-16-13(8-10)17-12-5-3-2-4-11(12)14/h2-9H,15H2,1H3. The molecule has 0 saturated carbocycles. The molecule has 2 N–H and O–H groups in total. The molecule has 0 aliphatic rings. The summed E-state index contributed by atoms with van der Waals surface area (Å²) in [4.78, 5) is 4.12. The van der Waals surface area contributed by atoms with Crippen LogP contribution in [0.3, 0.4) is 0 Å². The number of aromatic nitrogens is 1. The van der Waals surface area contributed by atoms with Gasteiger partial charge in [-0.2, -0.15) is 0 Å². The van der Waals surface area contributed by atoms with Crippen molar-refractivity contribution in [1.29, 1.82) is 0 Å². The van der Waals surface area contributed by atoms with E-state index in [-0.39, 0.29) is 6.04 Å². The van der Waals surface area contributed by atoms with Gasteiger partial charge in [-0.3, -0.25) is 0 Å². The molecule has 2 rings (SSSR count). The number of nitrogens with two attached hydrogens (primary N) is 1. The zero-order valence-corrected chi connectivity index (χ0v) is 10.2. The lowest BCUT2D eigenvalue weighted by molar-refractivity contribution is 0.462. The van der Waals surface area contributed by atoms with Crippen LogP contribution in [0.15, 0.2) is 42.6 Å². The highest BCUT2D eigenvalue weighted by Gasteiger charge is 2.05. The SMILES string of the molecule is CC(N)c1ccnc(Oc2ccccc2Cl)c1. The second-order valence-corrected chi connectivity index (χ2v) is 4.16. The van der Waals surface area contributed by atoms with Gasteiger partial charge in [-0.1, -0.05) is 23.7 Å². The molecule has 0 spiro atoms. The van der Waals surface area contributed by atoms with E-state index in [0.717, 1.165) is 5.56 Å². The molecule has 3 nitrogen and oxygen atoms in total. The average Bonchev–Trinajstić information content (AvgIpc) is 2.32. The molecule has 17 heavy (non-hydrogen) atoms. The molecule has 1 aromatic carbocycles. The number of pyridine rings is 1. The predicted octanol–water partition coefficient (Wildman–Crippen LogP) is 3.55. The largest absolute Gasteiger partial charge is 0.437 e. The van der Waals surface area contributed by atoms with E-state index in [1.807, 2.05) is 31.2 Å². The van der Waals surface area contributed by atoms with Crippen molar-refractivity contribution < 1.29 is 4.74 Å². The molecule has 88 valence electrons. The molecule has 0 bridgehead atoms. The Hall–Kier alpha value is -1.58. The third kappa shape index (κ3) is 2.96. The summed E-state index contributed by atoms with van der Waals surface area (Å²) in [7, 11) is 0. The molecule has 0 saturated heterocycles. The van der Waals surface area contributed by atoms with Crippen LogP contribution in [0, 0.1) is 0 Å². The van der Waals surface area contributed by atoms with Crippen molar-refractivity contribution in [2.24, 2.45) is 5.73 Å². The minimum absolute atomic E-state index is 0.0494. The van der Waals surface area contributed by atoms with Crippen LogP contribution in [0.25, 0.3) is 0 Å². The monoisotopic (exact) mass is 248 g/mol. The lowest BCUT2D eigenvalue weighted by Crippen LogP contribution is -2.05. The first kappa shape index (κ1) is 11.9. The number of hydrogen-bond acceptors (Lipinski definition) is 3. The number of ether oxygens (including phenoxy) is 1. The van der Waals surface area contributed by atoms with Gasteiger partial charge in [-0.25, -0.2) is 4.98 Å². The molecular weight excluding hydrogens is 236 g/mol. The number of para-hydroxylation sites is 1. The Morgan fingerprint density at radius 2 is 2.06 bits per heavy atom. The van der Waals surface area contributed by atoms with Gasteiger partial charge in [0.25, 0.3) is 0 Å². The zero-order chi connectivity index (χ0) is 12.3. The zero-order valence-electron chi connectivity index (χ0n) is 9.43. The highest BCUT2D eigenvalue weighted by Crippen LogP contribution is 2.28. The highest BCUT2D eigenvalue weighted by atomic mass is 35.5. The van der Waals surface area contributed by atoms with Crippen LogP contribution in [0.4, 0.5) is 0 Å². The average molecular weight is 249 g/mol. The van der Waals surface area contributed by atoms with Crippen LogP contribution in [0.1, 0.15) is 18.5 Å². The maximum atomic E-state index is 6.00. The Labute approximate surface area is 105 Å². The van der Waals surface area contributed by atoms with Crippen molar-refractivity contribution in [2.45, 2.75) is 13.0 Å². The number of halogens is 1. The van der Waals surface area contributed by atoms with Gasteiger partial charge < -0.3 is 10.5 Å². The number of rotatable bonds is 3. The van der Waals surface area contributed by atoms with Gasteiger partial charge in [0.1, 0.15) is 5.75 Å². The van der Waals surface area contributed by atoms with Crippen LogP contribution in [0.2, 0.25) is 5.02 Å².